The highest BCUT2D eigenvalue weighted by Gasteiger charge is 2.18. The molecule has 1 amide bonds. The number of esters is 1. The Balaban J connectivity index is 3.50. The Morgan fingerprint density at radius 3 is 1.18 bits per heavy atom. The summed E-state index contributed by atoms with van der Waals surface area (Å²) in [6, 6.07) is -0.646. The fraction of sp³-hybridized carbons (Fsp3) is 0.867. The predicted molar refractivity (Wildman–Crippen MR) is 287 cm³/mol. The minimum atomic E-state index is -0.861. The van der Waals surface area contributed by atoms with Crippen LogP contribution in [0.2, 0.25) is 0 Å². The zero-order valence-electron chi connectivity index (χ0n) is 44.2. The van der Waals surface area contributed by atoms with E-state index in [1.165, 1.54) is 218 Å². The van der Waals surface area contributed by atoms with Crippen molar-refractivity contribution in [2.45, 2.75) is 321 Å². The van der Waals surface area contributed by atoms with Gasteiger partial charge in [-0.25, -0.2) is 0 Å². The molecular weight excluding hydrogens is 815 g/mol. The molecule has 0 spiro atoms. The second kappa shape index (κ2) is 55.7. The Morgan fingerprint density at radius 1 is 0.424 bits per heavy atom. The van der Waals surface area contributed by atoms with Crippen LogP contribution in [0.5, 0.6) is 0 Å². The average molecular weight is 929 g/mol. The van der Waals surface area contributed by atoms with Gasteiger partial charge < -0.3 is 20.3 Å². The van der Waals surface area contributed by atoms with E-state index in [0.29, 0.717) is 19.4 Å². The first-order chi connectivity index (χ1) is 32.5. The summed E-state index contributed by atoms with van der Waals surface area (Å²) < 4.78 is 5.47. The van der Waals surface area contributed by atoms with E-state index in [1.807, 2.05) is 6.08 Å². The van der Waals surface area contributed by atoms with Gasteiger partial charge in [-0.15, -0.1) is 0 Å². The Kier molecular flexibility index (Phi) is 54.1. The second-order valence-corrected chi connectivity index (χ2v) is 20.0. The van der Waals surface area contributed by atoms with E-state index in [1.54, 1.807) is 6.08 Å². The molecule has 0 aromatic rings. The number of nitrogens with one attached hydrogen (secondary N) is 1. The molecule has 0 heterocycles. The highest BCUT2D eigenvalue weighted by Crippen LogP contribution is 2.17. The lowest BCUT2D eigenvalue weighted by Crippen LogP contribution is -2.45. The van der Waals surface area contributed by atoms with Crippen molar-refractivity contribution in [3.8, 4) is 0 Å². The number of hydrogen-bond donors (Lipinski definition) is 3. The Bertz CT molecular complexity index is 1070. The molecule has 0 radical (unpaired) electrons. The maximum atomic E-state index is 12.5. The number of amides is 1. The Morgan fingerprint density at radius 2 is 0.758 bits per heavy atom. The molecular formula is C60H113NO5. The zero-order valence-corrected chi connectivity index (χ0v) is 44.2. The van der Waals surface area contributed by atoms with Gasteiger partial charge in [-0.05, 0) is 64.2 Å². The number of allylic oxidation sites excluding steroid dienone is 5. The molecule has 388 valence electrons. The summed E-state index contributed by atoms with van der Waals surface area (Å²) in [4.78, 5) is 24.6. The summed E-state index contributed by atoms with van der Waals surface area (Å²) in [7, 11) is 0. The normalized spacial score (nSPS) is 12.8. The van der Waals surface area contributed by atoms with Crippen molar-refractivity contribution in [3.05, 3.63) is 36.5 Å². The molecule has 0 aromatic heterocycles. The van der Waals surface area contributed by atoms with Crippen LogP contribution in [0.25, 0.3) is 0 Å². The van der Waals surface area contributed by atoms with Crippen LogP contribution in [0.15, 0.2) is 36.5 Å². The van der Waals surface area contributed by atoms with Crippen LogP contribution < -0.4 is 5.32 Å². The van der Waals surface area contributed by atoms with E-state index >= 15 is 0 Å². The van der Waals surface area contributed by atoms with E-state index in [0.717, 1.165) is 64.2 Å². The molecule has 0 aliphatic rings. The van der Waals surface area contributed by atoms with Crippen LogP contribution in [-0.2, 0) is 14.3 Å². The SMILES string of the molecule is CCCCC/C=C\C/C=C\CCCCCCCCCCCC(=O)OCCCCCCCCCCCCC(=O)NC(CO)C(O)/C=C/CCCCCCCCCCCCCCCCCCCC. The molecule has 0 saturated carbocycles. The van der Waals surface area contributed by atoms with Gasteiger partial charge in [0.25, 0.3) is 0 Å². The van der Waals surface area contributed by atoms with Crippen molar-refractivity contribution in [1.29, 1.82) is 0 Å². The van der Waals surface area contributed by atoms with E-state index in [9.17, 15) is 19.8 Å². The molecule has 2 atom stereocenters. The van der Waals surface area contributed by atoms with Gasteiger partial charge in [0.15, 0.2) is 0 Å². The van der Waals surface area contributed by atoms with E-state index < -0.39 is 12.1 Å². The van der Waals surface area contributed by atoms with Crippen molar-refractivity contribution in [2.75, 3.05) is 13.2 Å². The number of carbonyl (C=O) groups is 2. The summed E-state index contributed by atoms with van der Waals surface area (Å²) in [5.41, 5.74) is 0. The van der Waals surface area contributed by atoms with Gasteiger partial charge in [0.2, 0.25) is 5.91 Å². The molecule has 2 unspecified atom stereocenters. The maximum Gasteiger partial charge on any atom is 0.305 e. The maximum absolute atomic E-state index is 12.5. The summed E-state index contributed by atoms with van der Waals surface area (Å²) in [6.45, 7) is 4.84. The number of unbranched alkanes of at least 4 members (excludes halogenated alkanes) is 39. The average Bonchev–Trinajstić information content (AvgIpc) is 3.32. The quantitative estimate of drug-likeness (QED) is 0.0321. The van der Waals surface area contributed by atoms with Crippen LogP contribution in [0.3, 0.4) is 0 Å². The van der Waals surface area contributed by atoms with Crippen molar-refractivity contribution in [1.82, 2.24) is 5.32 Å². The smallest absolute Gasteiger partial charge is 0.305 e. The number of carbonyl (C=O) groups excluding carboxylic acids is 2. The van der Waals surface area contributed by atoms with E-state index in [4.69, 9.17) is 4.74 Å². The van der Waals surface area contributed by atoms with Crippen molar-refractivity contribution in [2.24, 2.45) is 0 Å². The third-order valence-corrected chi connectivity index (χ3v) is 13.4. The van der Waals surface area contributed by atoms with Crippen molar-refractivity contribution in [3.63, 3.8) is 0 Å². The Labute approximate surface area is 411 Å². The van der Waals surface area contributed by atoms with E-state index in [2.05, 4.69) is 43.5 Å². The largest absolute Gasteiger partial charge is 0.466 e. The number of aliphatic hydroxyl groups is 2. The third kappa shape index (κ3) is 51.5. The van der Waals surface area contributed by atoms with Crippen LogP contribution >= 0.6 is 0 Å². The third-order valence-electron chi connectivity index (χ3n) is 13.4. The lowest BCUT2D eigenvalue weighted by molar-refractivity contribution is -0.143. The number of hydrogen-bond acceptors (Lipinski definition) is 5. The Hall–Kier alpha value is -1.92. The second-order valence-electron chi connectivity index (χ2n) is 20.0. The topological polar surface area (TPSA) is 95.9 Å². The van der Waals surface area contributed by atoms with Crippen LogP contribution in [0, 0.1) is 0 Å². The number of aliphatic hydroxyl groups excluding tert-OH is 2. The fourth-order valence-corrected chi connectivity index (χ4v) is 8.90. The van der Waals surface area contributed by atoms with Gasteiger partial charge in [-0.1, -0.05) is 269 Å². The van der Waals surface area contributed by atoms with Gasteiger partial charge in [0.05, 0.1) is 25.4 Å². The van der Waals surface area contributed by atoms with Crippen LogP contribution in [0.1, 0.15) is 309 Å². The first kappa shape index (κ1) is 64.1. The molecule has 6 heteroatoms. The zero-order chi connectivity index (χ0) is 47.9. The molecule has 0 saturated heterocycles. The summed E-state index contributed by atoms with van der Waals surface area (Å²) >= 11 is 0. The summed E-state index contributed by atoms with van der Waals surface area (Å²) in [5.74, 6) is -0.113. The van der Waals surface area contributed by atoms with Gasteiger partial charge in [0.1, 0.15) is 0 Å². The molecule has 3 N–H and O–H groups in total. The summed E-state index contributed by atoms with van der Waals surface area (Å²) in [5, 5.41) is 23.2. The number of ether oxygens (including phenoxy) is 1. The number of rotatable bonds is 54. The van der Waals surface area contributed by atoms with Gasteiger partial charge in [-0.2, -0.15) is 0 Å². The van der Waals surface area contributed by atoms with Gasteiger partial charge in [-0.3, -0.25) is 9.59 Å². The predicted octanol–water partition coefficient (Wildman–Crippen LogP) is 18.0. The minimum absolute atomic E-state index is 0.0243. The fourth-order valence-electron chi connectivity index (χ4n) is 8.90. The highest BCUT2D eigenvalue weighted by atomic mass is 16.5. The van der Waals surface area contributed by atoms with Crippen molar-refractivity contribution >= 4 is 11.9 Å². The van der Waals surface area contributed by atoms with Crippen LogP contribution in [0.4, 0.5) is 0 Å². The van der Waals surface area contributed by atoms with E-state index in [-0.39, 0.29) is 18.5 Å². The highest BCUT2D eigenvalue weighted by molar-refractivity contribution is 5.76. The molecule has 0 fully saturated rings. The van der Waals surface area contributed by atoms with Gasteiger partial charge >= 0.3 is 5.97 Å². The van der Waals surface area contributed by atoms with Gasteiger partial charge in [0, 0.05) is 12.8 Å². The minimum Gasteiger partial charge on any atom is -0.466 e. The molecule has 0 aromatic carbocycles. The molecule has 66 heavy (non-hydrogen) atoms. The summed E-state index contributed by atoms with van der Waals surface area (Å²) in [6.07, 6.45) is 68.7. The standard InChI is InChI=1S/C60H113NO5/c1-3-5-7-9-11-13-15-17-19-21-23-25-26-28-30-32-36-40-44-48-52-58(63)57(56-62)61-59(64)53-49-45-41-37-34-35-39-43-47-51-55-66-60(65)54-50-46-42-38-33-31-29-27-24-22-20-18-16-14-12-10-8-6-4-2/h12,14,18,20,48,52,57-58,62-63H,3-11,13,15-17,19,21-47,49-51,53-56H2,1-2H3,(H,61,64)/b14-12-,20-18-,52-48+. The molecule has 0 aliphatic heterocycles. The lowest BCUT2D eigenvalue weighted by atomic mass is 10.0. The molecule has 0 aliphatic carbocycles. The first-order valence-corrected chi connectivity index (χ1v) is 29.3. The molecule has 0 bridgehead atoms. The molecule has 6 nitrogen and oxygen atoms in total. The van der Waals surface area contributed by atoms with Crippen LogP contribution in [-0.4, -0.2) is 47.4 Å². The van der Waals surface area contributed by atoms with Crippen molar-refractivity contribution < 1.29 is 24.5 Å². The lowest BCUT2D eigenvalue weighted by Gasteiger charge is -2.20. The molecule has 0 rings (SSSR count). The monoisotopic (exact) mass is 928 g/mol. The first-order valence-electron chi connectivity index (χ1n) is 29.3.